The molecule has 0 radical (unpaired) electrons. The molecule has 0 aromatic carbocycles. The predicted octanol–water partition coefficient (Wildman–Crippen LogP) is 1.93. The monoisotopic (exact) mass is 485 g/mol. The van der Waals surface area contributed by atoms with Crippen molar-refractivity contribution in [1.82, 2.24) is 9.88 Å². The fraction of sp³-hybridized carbons (Fsp3) is 0.588. The SMILES string of the molecule is C[C@H](N[C@H]1CC[C@H](Oc2cc(=O)n(C)cc2Br)CC1)C(N)=O.O=C(O)C(F)(F)F. The summed E-state index contributed by atoms with van der Waals surface area (Å²) in [6.07, 6.45) is 0.315. The Hall–Kier alpha value is -2.08. The second-order valence-corrected chi connectivity index (χ2v) is 7.47. The molecule has 0 spiro atoms. The van der Waals surface area contributed by atoms with Crippen molar-refractivity contribution in [2.75, 3.05) is 0 Å². The Morgan fingerprint density at radius 2 is 1.86 bits per heavy atom. The summed E-state index contributed by atoms with van der Waals surface area (Å²) in [6, 6.07) is 1.48. The molecule has 0 saturated heterocycles. The first-order valence-corrected chi connectivity index (χ1v) is 9.48. The van der Waals surface area contributed by atoms with E-state index < -0.39 is 12.1 Å². The summed E-state index contributed by atoms with van der Waals surface area (Å²) in [5.41, 5.74) is 5.17. The van der Waals surface area contributed by atoms with Gasteiger partial charge in [-0.05, 0) is 48.5 Å². The Morgan fingerprint density at radius 1 is 1.34 bits per heavy atom. The van der Waals surface area contributed by atoms with E-state index >= 15 is 0 Å². The quantitative estimate of drug-likeness (QED) is 0.585. The number of alkyl halides is 3. The molecule has 0 unspecified atom stereocenters. The van der Waals surface area contributed by atoms with Crippen molar-refractivity contribution < 1.29 is 32.6 Å². The van der Waals surface area contributed by atoms with Crippen molar-refractivity contribution in [2.45, 2.75) is 57.0 Å². The van der Waals surface area contributed by atoms with E-state index in [2.05, 4.69) is 21.2 Å². The van der Waals surface area contributed by atoms with E-state index in [-0.39, 0.29) is 29.7 Å². The zero-order valence-electron chi connectivity index (χ0n) is 15.8. The number of primary amides is 1. The van der Waals surface area contributed by atoms with Crippen LogP contribution in [0.15, 0.2) is 21.5 Å². The number of hydrogen-bond donors (Lipinski definition) is 3. The van der Waals surface area contributed by atoms with Crippen LogP contribution < -0.4 is 21.3 Å². The molecule has 1 atom stereocenters. The van der Waals surface area contributed by atoms with Crippen LogP contribution in [0.5, 0.6) is 5.75 Å². The normalized spacial score (nSPS) is 20.2. The van der Waals surface area contributed by atoms with Crippen molar-refractivity contribution in [3.8, 4) is 5.75 Å². The Kier molecular flexibility index (Phi) is 9.14. The lowest BCUT2D eigenvalue weighted by Crippen LogP contribution is -2.46. The van der Waals surface area contributed by atoms with Crippen molar-refractivity contribution in [3.05, 3.63) is 27.1 Å². The summed E-state index contributed by atoms with van der Waals surface area (Å²) >= 11 is 3.42. The molecular formula is C17H23BrF3N3O5. The average molecular weight is 486 g/mol. The van der Waals surface area contributed by atoms with Gasteiger partial charge in [-0.1, -0.05) is 0 Å². The van der Waals surface area contributed by atoms with E-state index in [0.717, 1.165) is 30.2 Å². The van der Waals surface area contributed by atoms with E-state index in [0.29, 0.717) is 5.75 Å². The van der Waals surface area contributed by atoms with Crippen LogP contribution in [-0.4, -0.2) is 45.9 Å². The first-order valence-electron chi connectivity index (χ1n) is 8.69. The predicted molar refractivity (Wildman–Crippen MR) is 102 cm³/mol. The topological polar surface area (TPSA) is 124 Å². The first kappa shape index (κ1) is 25.0. The smallest absolute Gasteiger partial charge is 0.489 e. The van der Waals surface area contributed by atoms with Gasteiger partial charge in [-0.25, -0.2) is 4.79 Å². The minimum absolute atomic E-state index is 0.0883. The van der Waals surface area contributed by atoms with Gasteiger partial charge in [0.2, 0.25) is 5.91 Å². The van der Waals surface area contributed by atoms with Crippen molar-refractivity contribution >= 4 is 27.8 Å². The molecule has 1 saturated carbocycles. The molecule has 1 heterocycles. The Morgan fingerprint density at radius 3 is 2.31 bits per heavy atom. The second-order valence-electron chi connectivity index (χ2n) is 6.62. The Labute approximate surface area is 173 Å². The largest absolute Gasteiger partial charge is 0.490 e. The van der Waals surface area contributed by atoms with Crippen LogP contribution in [0, 0.1) is 0 Å². The lowest BCUT2D eigenvalue weighted by molar-refractivity contribution is -0.192. The number of nitrogens with zero attached hydrogens (tertiary/aromatic N) is 1. The molecule has 164 valence electrons. The molecule has 1 aliphatic rings. The molecule has 8 nitrogen and oxygen atoms in total. The third-order valence-electron chi connectivity index (χ3n) is 4.27. The summed E-state index contributed by atoms with van der Waals surface area (Å²) in [5.74, 6) is -2.50. The van der Waals surface area contributed by atoms with E-state index in [4.69, 9.17) is 20.4 Å². The van der Waals surface area contributed by atoms with Gasteiger partial charge in [0.1, 0.15) is 5.75 Å². The highest BCUT2D eigenvalue weighted by Crippen LogP contribution is 2.28. The van der Waals surface area contributed by atoms with Crippen molar-refractivity contribution in [1.29, 1.82) is 0 Å². The number of nitrogens with one attached hydrogen (secondary N) is 1. The van der Waals surface area contributed by atoms with Gasteiger partial charge in [-0.3, -0.25) is 9.59 Å². The van der Waals surface area contributed by atoms with Gasteiger partial charge in [0.25, 0.3) is 5.56 Å². The first-order chi connectivity index (χ1) is 13.3. The molecule has 1 fully saturated rings. The number of rotatable bonds is 5. The number of hydrogen-bond acceptors (Lipinski definition) is 5. The third-order valence-corrected chi connectivity index (χ3v) is 4.86. The Balaban J connectivity index is 0.000000516. The molecule has 0 bridgehead atoms. The number of nitrogens with two attached hydrogens (primary N) is 1. The fourth-order valence-electron chi connectivity index (χ4n) is 2.63. The van der Waals surface area contributed by atoms with Crippen molar-refractivity contribution in [3.63, 3.8) is 0 Å². The van der Waals surface area contributed by atoms with E-state index in [1.54, 1.807) is 20.2 Å². The summed E-state index contributed by atoms with van der Waals surface area (Å²) < 4.78 is 40.0. The number of carboxylic acids is 1. The van der Waals surface area contributed by atoms with E-state index in [9.17, 15) is 22.8 Å². The maximum Gasteiger partial charge on any atom is 0.490 e. The standard InChI is InChI=1S/C15H22BrN3O3.C2HF3O2/c1-9(15(17)21)18-10-3-5-11(6-4-10)22-13-7-14(20)19(2)8-12(13)16;3-2(4,5)1(6)7/h7-11,18H,3-6H2,1-2H3,(H2,17,21);(H,6,7)/t9-,10-,11-;/m0./s1. The molecule has 12 heteroatoms. The van der Waals surface area contributed by atoms with Gasteiger partial charge in [0.15, 0.2) is 0 Å². The lowest BCUT2D eigenvalue weighted by atomic mass is 9.92. The van der Waals surface area contributed by atoms with Gasteiger partial charge in [-0.2, -0.15) is 13.2 Å². The maximum atomic E-state index is 11.7. The number of carboxylic acid groups (broad SMARTS) is 1. The highest BCUT2D eigenvalue weighted by molar-refractivity contribution is 9.10. The fourth-order valence-corrected chi connectivity index (χ4v) is 3.15. The second kappa shape index (κ2) is 10.6. The highest BCUT2D eigenvalue weighted by Gasteiger charge is 2.38. The van der Waals surface area contributed by atoms with Gasteiger partial charge < -0.3 is 25.5 Å². The minimum Gasteiger partial charge on any atom is -0.489 e. The molecule has 1 amide bonds. The molecule has 0 aliphatic heterocycles. The molecule has 4 N–H and O–H groups in total. The van der Waals surface area contributed by atoms with Crippen LogP contribution in [-0.2, 0) is 16.6 Å². The number of pyridine rings is 1. The van der Waals surface area contributed by atoms with E-state index in [1.807, 2.05) is 0 Å². The number of aryl methyl sites for hydroxylation is 1. The number of carbonyl (C=O) groups is 2. The van der Waals surface area contributed by atoms with Crippen LogP contribution in [0.2, 0.25) is 0 Å². The number of aromatic nitrogens is 1. The summed E-state index contributed by atoms with van der Waals surface area (Å²) in [4.78, 5) is 31.6. The molecule has 1 aromatic heterocycles. The van der Waals surface area contributed by atoms with Crippen LogP contribution in [0.3, 0.4) is 0 Å². The molecule has 1 aromatic rings. The highest BCUT2D eigenvalue weighted by atomic mass is 79.9. The minimum atomic E-state index is -5.08. The Bertz CT molecular complexity index is 777. The van der Waals surface area contributed by atoms with Crippen LogP contribution >= 0.6 is 15.9 Å². The lowest BCUT2D eigenvalue weighted by Gasteiger charge is -2.31. The number of carbonyl (C=O) groups excluding carboxylic acids is 1. The van der Waals surface area contributed by atoms with Crippen molar-refractivity contribution in [2.24, 2.45) is 12.8 Å². The molecule has 29 heavy (non-hydrogen) atoms. The number of ether oxygens (including phenoxy) is 1. The molecular weight excluding hydrogens is 463 g/mol. The van der Waals surface area contributed by atoms with Gasteiger partial charge in [-0.15, -0.1) is 0 Å². The van der Waals surface area contributed by atoms with Gasteiger partial charge in [0, 0.05) is 25.4 Å². The van der Waals surface area contributed by atoms with Crippen LogP contribution in [0.4, 0.5) is 13.2 Å². The average Bonchev–Trinajstić information content (AvgIpc) is 2.61. The number of aliphatic carboxylic acids is 1. The zero-order valence-corrected chi connectivity index (χ0v) is 17.4. The third kappa shape index (κ3) is 8.44. The van der Waals surface area contributed by atoms with E-state index in [1.165, 1.54) is 10.6 Å². The molecule has 2 rings (SSSR count). The summed E-state index contributed by atoms with van der Waals surface area (Å²) in [6.45, 7) is 1.78. The molecule has 1 aliphatic carbocycles. The van der Waals surface area contributed by atoms with Gasteiger partial charge in [0.05, 0.1) is 16.6 Å². The maximum absolute atomic E-state index is 11.7. The number of halogens is 4. The summed E-state index contributed by atoms with van der Waals surface area (Å²) in [7, 11) is 1.70. The zero-order chi connectivity index (χ0) is 22.4. The van der Waals surface area contributed by atoms with Gasteiger partial charge >= 0.3 is 12.1 Å². The summed E-state index contributed by atoms with van der Waals surface area (Å²) in [5, 5.41) is 10.4. The van der Waals surface area contributed by atoms with Crippen LogP contribution in [0.25, 0.3) is 0 Å². The van der Waals surface area contributed by atoms with Crippen LogP contribution in [0.1, 0.15) is 32.6 Å². The number of amides is 1.